The van der Waals surface area contributed by atoms with E-state index in [9.17, 15) is 4.79 Å². The molecule has 0 radical (unpaired) electrons. The van der Waals surface area contributed by atoms with E-state index in [2.05, 4.69) is 12.0 Å². The third-order valence-electron chi connectivity index (χ3n) is 2.81. The smallest absolute Gasteiger partial charge is 0.211 e. The standard InChI is InChI=1S/C14H16N2O/c1-3-4-11-5-7-12(8-6-11)14(17)13-9-10-15-16(13)2/h5-10H,3-4H2,1-2H3. The fourth-order valence-electron chi connectivity index (χ4n) is 1.86. The van der Waals surface area contributed by atoms with Gasteiger partial charge < -0.3 is 0 Å². The topological polar surface area (TPSA) is 34.9 Å². The second-order valence-corrected chi connectivity index (χ2v) is 4.12. The van der Waals surface area contributed by atoms with Crippen LogP contribution >= 0.6 is 0 Å². The molecule has 3 nitrogen and oxygen atoms in total. The summed E-state index contributed by atoms with van der Waals surface area (Å²) in [6.45, 7) is 2.15. The first kappa shape index (κ1) is 11.6. The van der Waals surface area contributed by atoms with Crippen molar-refractivity contribution in [2.75, 3.05) is 0 Å². The fraction of sp³-hybridized carbons (Fsp3) is 0.286. The van der Waals surface area contributed by atoms with E-state index >= 15 is 0 Å². The van der Waals surface area contributed by atoms with E-state index in [4.69, 9.17) is 0 Å². The zero-order chi connectivity index (χ0) is 12.3. The Morgan fingerprint density at radius 3 is 2.47 bits per heavy atom. The van der Waals surface area contributed by atoms with E-state index in [-0.39, 0.29) is 5.78 Å². The minimum absolute atomic E-state index is 0.0213. The van der Waals surface area contributed by atoms with Gasteiger partial charge in [-0.15, -0.1) is 0 Å². The molecule has 2 aromatic rings. The number of carbonyl (C=O) groups is 1. The first-order chi connectivity index (χ1) is 8.22. The molecule has 0 bridgehead atoms. The highest BCUT2D eigenvalue weighted by molar-refractivity contribution is 6.07. The lowest BCUT2D eigenvalue weighted by atomic mass is 10.0. The number of ketones is 1. The SMILES string of the molecule is CCCc1ccc(C(=O)c2ccnn2C)cc1. The van der Waals surface area contributed by atoms with Crippen LogP contribution in [-0.2, 0) is 13.5 Å². The van der Waals surface area contributed by atoms with Crippen LogP contribution < -0.4 is 0 Å². The van der Waals surface area contributed by atoms with Gasteiger partial charge in [-0.05, 0) is 18.1 Å². The number of hydrogen-bond donors (Lipinski definition) is 0. The van der Waals surface area contributed by atoms with Gasteiger partial charge in [0, 0.05) is 18.8 Å². The molecule has 0 aliphatic rings. The average Bonchev–Trinajstić information content (AvgIpc) is 2.76. The molecular formula is C14H16N2O. The van der Waals surface area contributed by atoms with Crippen LogP contribution in [0, 0.1) is 0 Å². The van der Waals surface area contributed by atoms with Crippen LogP contribution in [0.2, 0.25) is 0 Å². The van der Waals surface area contributed by atoms with Crippen molar-refractivity contribution in [1.29, 1.82) is 0 Å². The van der Waals surface area contributed by atoms with Gasteiger partial charge in [-0.3, -0.25) is 9.48 Å². The molecule has 0 spiro atoms. The predicted octanol–water partition coefficient (Wildman–Crippen LogP) is 2.60. The molecule has 3 heteroatoms. The quantitative estimate of drug-likeness (QED) is 0.754. The molecule has 0 aliphatic carbocycles. The van der Waals surface area contributed by atoms with Crippen molar-refractivity contribution in [2.24, 2.45) is 7.05 Å². The minimum Gasteiger partial charge on any atom is -0.287 e. The second kappa shape index (κ2) is 4.95. The summed E-state index contributed by atoms with van der Waals surface area (Å²) in [6.07, 6.45) is 3.81. The van der Waals surface area contributed by atoms with E-state index in [1.54, 1.807) is 24.0 Å². The first-order valence-corrected chi connectivity index (χ1v) is 5.84. The molecule has 17 heavy (non-hydrogen) atoms. The molecule has 1 heterocycles. The van der Waals surface area contributed by atoms with Crippen molar-refractivity contribution in [3.8, 4) is 0 Å². The second-order valence-electron chi connectivity index (χ2n) is 4.12. The number of rotatable bonds is 4. The maximum Gasteiger partial charge on any atom is 0.211 e. The van der Waals surface area contributed by atoms with Gasteiger partial charge in [0.15, 0.2) is 0 Å². The van der Waals surface area contributed by atoms with Gasteiger partial charge in [-0.2, -0.15) is 5.10 Å². The lowest BCUT2D eigenvalue weighted by molar-refractivity contribution is 0.103. The highest BCUT2D eigenvalue weighted by atomic mass is 16.1. The lowest BCUT2D eigenvalue weighted by Crippen LogP contribution is -2.08. The number of benzene rings is 1. The van der Waals surface area contributed by atoms with Crippen LogP contribution in [0.1, 0.15) is 35.0 Å². The van der Waals surface area contributed by atoms with Gasteiger partial charge >= 0.3 is 0 Å². The summed E-state index contributed by atoms with van der Waals surface area (Å²) < 4.78 is 1.60. The third kappa shape index (κ3) is 2.44. The summed E-state index contributed by atoms with van der Waals surface area (Å²) >= 11 is 0. The number of aromatic nitrogens is 2. The lowest BCUT2D eigenvalue weighted by Gasteiger charge is -2.03. The Hall–Kier alpha value is -1.90. The van der Waals surface area contributed by atoms with E-state index in [0.717, 1.165) is 12.8 Å². The number of hydrogen-bond acceptors (Lipinski definition) is 2. The van der Waals surface area contributed by atoms with Crippen LogP contribution in [0.3, 0.4) is 0 Å². The van der Waals surface area contributed by atoms with Gasteiger partial charge in [0.2, 0.25) is 5.78 Å². The van der Waals surface area contributed by atoms with Crippen molar-refractivity contribution in [1.82, 2.24) is 9.78 Å². The Bertz CT molecular complexity index is 511. The Labute approximate surface area is 101 Å². The maximum atomic E-state index is 12.1. The van der Waals surface area contributed by atoms with Gasteiger partial charge in [-0.25, -0.2) is 0 Å². The van der Waals surface area contributed by atoms with Crippen LogP contribution in [0.25, 0.3) is 0 Å². The Kier molecular flexibility index (Phi) is 3.38. The molecule has 0 fully saturated rings. The Balaban J connectivity index is 2.23. The predicted molar refractivity (Wildman–Crippen MR) is 67.1 cm³/mol. The van der Waals surface area contributed by atoms with Crippen LogP contribution in [0.4, 0.5) is 0 Å². The fourth-order valence-corrected chi connectivity index (χ4v) is 1.86. The molecule has 0 unspecified atom stereocenters. The summed E-state index contributed by atoms with van der Waals surface area (Å²) in [5, 5.41) is 4.01. The average molecular weight is 228 g/mol. The number of nitrogens with zero attached hydrogens (tertiary/aromatic N) is 2. The molecule has 2 rings (SSSR count). The van der Waals surface area contributed by atoms with Crippen molar-refractivity contribution < 1.29 is 4.79 Å². The Morgan fingerprint density at radius 1 is 1.24 bits per heavy atom. The first-order valence-electron chi connectivity index (χ1n) is 5.84. The summed E-state index contributed by atoms with van der Waals surface area (Å²) in [4.78, 5) is 12.1. The summed E-state index contributed by atoms with van der Waals surface area (Å²) in [7, 11) is 1.78. The summed E-state index contributed by atoms with van der Waals surface area (Å²) in [5.74, 6) is 0.0213. The van der Waals surface area contributed by atoms with E-state index in [0.29, 0.717) is 11.3 Å². The van der Waals surface area contributed by atoms with E-state index in [1.165, 1.54) is 5.56 Å². The van der Waals surface area contributed by atoms with Gasteiger partial charge in [0.1, 0.15) is 5.69 Å². The van der Waals surface area contributed by atoms with Crippen molar-refractivity contribution in [3.05, 3.63) is 53.3 Å². The van der Waals surface area contributed by atoms with Crippen molar-refractivity contribution >= 4 is 5.78 Å². The molecule has 1 aromatic heterocycles. The highest BCUT2D eigenvalue weighted by Gasteiger charge is 2.12. The summed E-state index contributed by atoms with van der Waals surface area (Å²) in [6, 6.07) is 9.56. The Morgan fingerprint density at radius 2 is 1.94 bits per heavy atom. The molecular weight excluding hydrogens is 212 g/mol. The van der Waals surface area contributed by atoms with Crippen LogP contribution in [0.15, 0.2) is 36.5 Å². The summed E-state index contributed by atoms with van der Waals surface area (Å²) in [5.41, 5.74) is 2.61. The molecule has 0 aliphatic heterocycles. The van der Waals surface area contributed by atoms with Crippen molar-refractivity contribution in [2.45, 2.75) is 19.8 Å². The van der Waals surface area contributed by atoms with E-state index < -0.39 is 0 Å². The van der Waals surface area contributed by atoms with Gasteiger partial charge in [0.25, 0.3) is 0 Å². The van der Waals surface area contributed by atoms with Crippen LogP contribution in [-0.4, -0.2) is 15.6 Å². The van der Waals surface area contributed by atoms with Gasteiger partial charge in [0.05, 0.1) is 0 Å². The zero-order valence-electron chi connectivity index (χ0n) is 10.2. The minimum atomic E-state index is 0.0213. The maximum absolute atomic E-state index is 12.1. The van der Waals surface area contributed by atoms with E-state index in [1.807, 2.05) is 24.3 Å². The molecule has 0 amide bonds. The van der Waals surface area contributed by atoms with Gasteiger partial charge in [-0.1, -0.05) is 37.6 Å². The largest absolute Gasteiger partial charge is 0.287 e. The molecule has 0 N–H and O–H groups in total. The number of carbonyl (C=O) groups excluding carboxylic acids is 1. The normalized spacial score (nSPS) is 10.5. The molecule has 0 saturated carbocycles. The zero-order valence-corrected chi connectivity index (χ0v) is 10.2. The third-order valence-corrected chi connectivity index (χ3v) is 2.81. The van der Waals surface area contributed by atoms with Crippen molar-refractivity contribution in [3.63, 3.8) is 0 Å². The highest BCUT2D eigenvalue weighted by Crippen LogP contribution is 2.11. The molecule has 0 saturated heterocycles. The monoisotopic (exact) mass is 228 g/mol. The molecule has 1 aromatic carbocycles. The molecule has 0 atom stereocenters. The van der Waals surface area contributed by atoms with Crippen LogP contribution in [0.5, 0.6) is 0 Å². The number of aryl methyl sites for hydroxylation is 2. The molecule has 88 valence electrons.